The van der Waals surface area contributed by atoms with E-state index in [4.69, 9.17) is 9.47 Å². The standard InChI is InChI=1S/C13H18N4O2/c1-10-4-13-15-6-11(8-17(13)16-10)5-14-7-12-9-18-2-3-19-12/h4,6,8,12,14H,2-3,5,7,9H2,1H3. The van der Waals surface area contributed by atoms with Crippen LogP contribution in [0, 0.1) is 6.92 Å². The molecule has 1 aliphatic heterocycles. The molecule has 19 heavy (non-hydrogen) atoms. The van der Waals surface area contributed by atoms with Gasteiger partial charge in [-0.05, 0) is 6.92 Å². The topological polar surface area (TPSA) is 60.7 Å². The van der Waals surface area contributed by atoms with Crippen molar-refractivity contribution >= 4 is 5.65 Å². The van der Waals surface area contributed by atoms with E-state index in [-0.39, 0.29) is 6.10 Å². The fourth-order valence-corrected chi connectivity index (χ4v) is 2.16. The summed E-state index contributed by atoms with van der Waals surface area (Å²) in [6.45, 7) is 5.57. The summed E-state index contributed by atoms with van der Waals surface area (Å²) in [5.74, 6) is 0. The zero-order valence-electron chi connectivity index (χ0n) is 11.0. The third-order valence-corrected chi connectivity index (χ3v) is 3.08. The first-order chi connectivity index (χ1) is 9.31. The molecule has 0 bridgehead atoms. The minimum Gasteiger partial charge on any atom is -0.376 e. The van der Waals surface area contributed by atoms with E-state index in [1.165, 1.54) is 0 Å². The molecule has 0 radical (unpaired) electrons. The van der Waals surface area contributed by atoms with Gasteiger partial charge in [0.15, 0.2) is 5.65 Å². The van der Waals surface area contributed by atoms with E-state index >= 15 is 0 Å². The lowest BCUT2D eigenvalue weighted by Gasteiger charge is -2.23. The fourth-order valence-electron chi connectivity index (χ4n) is 2.16. The van der Waals surface area contributed by atoms with Gasteiger partial charge in [0.25, 0.3) is 0 Å². The summed E-state index contributed by atoms with van der Waals surface area (Å²) in [6.07, 6.45) is 4.03. The molecule has 6 nitrogen and oxygen atoms in total. The van der Waals surface area contributed by atoms with Gasteiger partial charge < -0.3 is 14.8 Å². The van der Waals surface area contributed by atoms with Gasteiger partial charge in [-0.25, -0.2) is 9.50 Å². The van der Waals surface area contributed by atoms with Crippen LogP contribution in [0.2, 0.25) is 0 Å². The van der Waals surface area contributed by atoms with Crippen molar-refractivity contribution < 1.29 is 9.47 Å². The Balaban J connectivity index is 1.55. The second-order valence-corrected chi connectivity index (χ2v) is 4.75. The Labute approximate surface area is 111 Å². The first kappa shape index (κ1) is 12.5. The van der Waals surface area contributed by atoms with E-state index in [0.717, 1.165) is 30.0 Å². The normalized spacial score (nSPS) is 19.9. The van der Waals surface area contributed by atoms with E-state index in [9.17, 15) is 0 Å². The maximum absolute atomic E-state index is 5.57. The predicted octanol–water partition coefficient (Wildman–Crippen LogP) is 0.543. The van der Waals surface area contributed by atoms with Crippen molar-refractivity contribution in [1.29, 1.82) is 0 Å². The first-order valence-corrected chi connectivity index (χ1v) is 6.52. The van der Waals surface area contributed by atoms with Crippen molar-refractivity contribution in [2.45, 2.75) is 19.6 Å². The number of aryl methyl sites for hydroxylation is 1. The monoisotopic (exact) mass is 262 g/mol. The molecule has 1 fully saturated rings. The van der Waals surface area contributed by atoms with Crippen LogP contribution in [0.25, 0.3) is 5.65 Å². The van der Waals surface area contributed by atoms with Crippen LogP contribution >= 0.6 is 0 Å². The van der Waals surface area contributed by atoms with Crippen molar-refractivity contribution in [3.8, 4) is 0 Å². The summed E-state index contributed by atoms with van der Waals surface area (Å²) in [6, 6.07) is 1.96. The van der Waals surface area contributed by atoms with Crippen LogP contribution < -0.4 is 5.32 Å². The second kappa shape index (κ2) is 5.64. The lowest BCUT2D eigenvalue weighted by Crippen LogP contribution is -2.37. The Bertz CT molecular complexity index is 549. The Kier molecular flexibility index (Phi) is 3.72. The Morgan fingerprint density at radius 1 is 1.47 bits per heavy atom. The SMILES string of the molecule is Cc1cc2ncc(CNCC3COCCO3)cn2n1. The number of hydrogen-bond acceptors (Lipinski definition) is 5. The van der Waals surface area contributed by atoms with Gasteiger partial charge >= 0.3 is 0 Å². The summed E-state index contributed by atoms with van der Waals surface area (Å²) >= 11 is 0. The number of nitrogens with one attached hydrogen (secondary N) is 1. The molecule has 0 amide bonds. The molecule has 0 saturated carbocycles. The van der Waals surface area contributed by atoms with Crippen LogP contribution in [0.3, 0.4) is 0 Å². The molecule has 3 rings (SSSR count). The van der Waals surface area contributed by atoms with E-state index in [0.29, 0.717) is 19.8 Å². The van der Waals surface area contributed by atoms with Crippen LogP contribution in [0.4, 0.5) is 0 Å². The summed E-state index contributed by atoms with van der Waals surface area (Å²) < 4.78 is 12.7. The largest absolute Gasteiger partial charge is 0.376 e. The second-order valence-electron chi connectivity index (χ2n) is 4.75. The van der Waals surface area contributed by atoms with Gasteiger partial charge in [-0.1, -0.05) is 0 Å². The first-order valence-electron chi connectivity index (χ1n) is 6.52. The number of nitrogens with zero attached hydrogens (tertiary/aromatic N) is 3. The molecule has 1 N–H and O–H groups in total. The lowest BCUT2D eigenvalue weighted by molar-refractivity contribution is -0.0864. The average molecular weight is 262 g/mol. The summed E-state index contributed by atoms with van der Waals surface area (Å²) in [5, 5.41) is 7.71. The number of rotatable bonds is 4. The molecule has 102 valence electrons. The number of fused-ring (bicyclic) bond motifs is 1. The molecule has 1 unspecified atom stereocenters. The molecular formula is C13H18N4O2. The quantitative estimate of drug-likeness (QED) is 0.871. The molecule has 0 spiro atoms. The van der Waals surface area contributed by atoms with Crippen LogP contribution in [-0.2, 0) is 16.0 Å². The summed E-state index contributed by atoms with van der Waals surface area (Å²) in [7, 11) is 0. The minimum absolute atomic E-state index is 0.150. The zero-order chi connectivity index (χ0) is 13.1. The Morgan fingerprint density at radius 3 is 3.26 bits per heavy atom. The Morgan fingerprint density at radius 2 is 2.42 bits per heavy atom. The highest BCUT2D eigenvalue weighted by Crippen LogP contribution is 2.05. The summed E-state index contributed by atoms with van der Waals surface area (Å²) in [5.41, 5.74) is 2.96. The van der Waals surface area contributed by atoms with Gasteiger partial charge in [0.05, 0.1) is 31.6 Å². The molecule has 3 heterocycles. The summed E-state index contributed by atoms with van der Waals surface area (Å²) in [4.78, 5) is 4.37. The van der Waals surface area contributed by atoms with E-state index < -0.39 is 0 Å². The molecule has 1 atom stereocenters. The third-order valence-electron chi connectivity index (χ3n) is 3.08. The van der Waals surface area contributed by atoms with Gasteiger partial charge in [0.2, 0.25) is 0 Å². The molecule has 0 aromatic carbocycles. The average Bonchev–Trinajstić information content (AvgIpc) is 2.79. The van der Waals surface area contributed by atoms with Crippen LogP contribution in [-0.4, -0.2) is 47.1 Å². The number of ether oxygens (including phenoxy) is 2. The van der Waals surface area contributed by atoms with Crippen molar-refractivity contribution in [3.63, 3.8) is 0 Å². The van der Waals surface area contributed by atoms with Gasteiger partial charge in [0, 0.05) is 37.1 Å². The maximum atomic E-state index is 5.57. The molecule has 1 aliphatic rings. The maximum Gasteiger partial charge on any atom is 0.155 e. The van der Waals surface area contributed by atoms with E-state index in [1.54, 1.807) is 0 Å². The van der Waals surface area contributed by atoms with Crippen molar-refractivity contribution in [3.05, 3.63) is 29.7 Å². The van der Waals surface area contributed by atoms with Crippen molar-refractivity contribution in [1.82, 2.24) is 19.9 Å². The van der Waals surface area contributed by atoms with Gasteiger partial charge in [-0.3, -0.25) is 0 Å². The molecule has 2 aromatic heterocycles. The molecular weight excluding hydrogens is 244 g/mol. The van der Waals surface area contributed by atoms with Crippen molar-refractivity contribution in [2.75, 3.05) is 26.4 Å². The van der Waals surface area contributed by atoms with E-state index in [2.05, 4.69) is 15.4 Å². The minimum atomic E-state index is 0.150. The van der Waals surface area contributed by atoms with Crippen LogP contribution in [0.5, 0.6) is 0 Å². The van der Waals surface area contributed by atoms with Crippen LogP contribution in [0.15, 0.2) is 18.5 Å². The molecule has 1 saturated heterocycles. The lowest BCUT2D eigenvalue weighted by atomic mass is 10.3. The van der Waals surface area contributed by atoms with Gasteiger partial charge in [-0.15, -0.1) is 0 Å². The third kappa shape index (κ3) is 3.09. The van der Waals surface area contributed by atoms with E-state index in [1.807, 2.05) is 29.9 Å². The molecule has 0 aliphatic carbocycles. The van der Waals surface area contributed by atoms with Crippen molar-refractivity contribution in [2.24, 2.45) is 0 Å². The zero-order valence-corrected chi connectivity index (χ0v) is 11.0. The molecule has 6 heteroatoms. The highest BCUT2D eigenvalue weighted by Gasteiger charge is 2.13. The molecule has 2 aromatic rings. The predicted molar refractivity (Wildman–Crippen MR) is 70.0 cm³/mol. The highest BCUT2D eigenvalue weighted by atomic mass is 16.6. The number of hydrogen-bond donors (Lipinski definition) is 1. The Hall–Kier alpha value is -1.50. The smallest absolute Gasteiger partial charge is 0.155 e. The van der Waals surface area contributed by atoms with Crippen LogP contribution in [0.1, 0.15) is 11.3 Å². The van der Waals surface area contributed by atoms with Gasteiger partial charge in [0.1, 0.15) is 0 Å². The highest BCUT2D eigenvalue weighted by molar-refractivity contribution is 5.38. The van der Waals surface area contributed by atoms with Gasteiger partial charge in [-0.2, -0.15) is 5.10 Å². The number of aromatic nitrogens is 3. The fraction of sp³-hybridized carbons (Fsp3) is 0.538.